The van der Waals surface area contributed by atoms with E-state index in [4.69, 9.17) is 19.3 Å². The van der Waals surface area contributed by atoms with Crippen LogP contribution in [0.3, 0.4) is 0 Å². The number of rotatable bonds is 6. The van der Waals surface area contributed by atoms with E-state index in [2.05, 4.69) is 0 Å². The van der Waals surface area contributed by atoms with Gasteiger partial charge in [-0.25, -0.2) is 9.59 Å². The maximum Gasteiger partial charge on any atom is 0.339 e. The number of benzene rings is 2. The van der Waals surface area contributed by atoms with Crippen molar-refractivity contribution in [2.24, 2.45) is 0 Å². The number of hydrogen-bond donors (Lipinski definition) is 2. The van der Waals surface area contributed by atoms with Gasteiger partial charge < -0.3 is 24.4 Å². The first-order valence-electron chi connectivity index (χ1n) is 6.46. The number of methoxy groups -OCH3 is 2. The van der Waals surface area contributed by atoms with Gasteiger partial charge in [0.15, 0.2) is 11.5 Å². The number of carbonyl (C=O) groups is 2. The summed E-state index contributed by atoms with van der Waals surface area (Å²) >= 11 is 0. The summed E-state index contributed by atoms with van der Waals surface area (Å²) in [6.45, 7) is 0. The summed E-state index contributed by atoms with van der Waals surface area (Å²) in [6.07, 6.45) is 0. The Morgan fingerprint density at radius 1 is 0.826 bits per heavy atom. The summed E-state index contributed by atoms with van der Waals surface area (Å²) < 4.78 is 15.8. The molecular formula is C16H14O7. The molecular weight excluding hydrogens is 304 g/mol. The smallest absolute Gasteiger partial charge is 0.339 e. The Kier molecular flexibility index (Phi) is 4.70. The Morgan fingerprint density at radius 3 is 1.91 bits per heavy atom. The van der Waals surface area contributed by atoms with Crippen molar-refractivity contribution in [3.05, 3.63) is 47.5 Å². The van der Waals surface area contributed by atoms with Gasteiger partial charge in [0.1, 0.15) is 17.1 Å². The van der Waals surface area contributed by atoms with E-state index in [-0.39, 0.29) is 28.4 Å². The topological polar surface area (TPSA) is 102 Å². The van der Waals surface area contributed by atoms with Crippen molar-refractivity contribution >= 4 is 11.9 Å². The van der Waals surface area contributed by atoms with Crippen LogP contribution in [0.5, 0.6) is 23.0 Å². The van der Waals surface area contributed by atoms with Gasteiger partial charge in [0, 0.05) is 12.1 Å². The second-order valence-electron chi connectivity index (χ2n) is 4.44. The molecule has 23 heavy (non-hydrogen) atoms. The van der Waals surface area contributed by atoms with Crippen LogP contribution in [0.2, 0.25) is 0 Å². The standard InChI is InChI=1S/C16H14O7/c1-21-12-8-13(22-2)14(7-11(12)16(19)20)23-10-5-3-9(4-6-10)15(17)18/h3-8H,1-2H3,(H,17,18)(H,19,20). The molecule has 0 fully saturated rings. The molecule has 0 spiro atoms. The van der Waals surface area contributed by atoms with E-state index in [0.717, 1.165) is 0 Å². The predicted molar refractivity (Wildman–Crippen MR) is 80.0 cm³/mol. The SMILES string of the molecule is COc1cc(OC)c(C(=O)O)cc1Oc1ccc(C(=O)O)cc1. The van der Waals surface area contributed by atoms with Crippen molar-refractivity contribution in [1.29, 1.82) is 0 Å². The molecule has 0 saturated carbocycles. The Labute approximate surface area is 131 Å². The van der Waals surface area contributed by atoms with Gasteiger partial charge in [-0.15, -0.1) is 0 Å². The molecule has 120 valence electrons. The van der Waals surface area contributed by atoms with Crippen LogP contribution in [-0.2, 0) is 0 Å². The Hall–Kier alpha value is -3.22. The quantitative estimate of drug-likeness (QED) is 0.844. The van der Waals surface area contributed by atoms with Gasteiger partial charge in [-0.2, -0.15) is 0 Å². The largest absolute Gasteiger partial charge is 0.496 e. The van der Waals surface area contributed by atoms with Gasteiger partial charge in [-0.05, 0) is 24.3 Å². The third-order valence-electron chi connectivity index (χ3n) is 3.05. The zero-order chi connectivity index (χ0) is 17.0. The fourth-order valence-electron chi connectivity index (χ4n) is 1.91. The molecule has 0 atom stereocenters. The third-order valence-corrected chi connectivity index (χ3v) is 3.05. The molecule has 2 aromatic rings. The van der Waals surface area contributed by atoms with Crippen molar-refractivity contribution in [3.8, 4) is 23.0 Å². The highest BCUT2D eigenvalue weighted by molar-refractivity contribution is 5.92. The molecule has 0 unspecified atom stereocenters. The number of ether oxygens (including phenoxy) is 3. The normalized spacial score (nSPS) is 10.0. The lowest BCUT2D eigenvalue weighted by atomic mass is 10.1. The maximum absolute atomic E-state index is 11.3. The first-order chi connectivity index (χ1) is 11.0. The molecule has 0 aromatic heterocycles. The molecule has 2 rings (SSSR count). The van der Waals surface area contributed by atoms with Crippen LogP contribution in [0, 0.1) is 0 Å². The van der Waals surface area contributed by atoms with E-state index in [0.29, 0.717) is 5.75 Å². The molecule has 0 saturated heterocycles. The molecule has 0 heterocycles. The monoisotopic (exact) mass is 318 g/mol. The van der Waals surface area contributed by atoms with Gasteiger partial charge in [-0.1, -0.05) is 0 Å². The minimum atomic E-state index is -1.17. The minimum Gasteiger partial charge on any atom is -0.496 e. The van der Waals surface area contributed by atoms with Crippen LogP contribution in [0.15, 0.2) is 36.4 Å². The summed E-state index contributed by atoms with van der Waals surface area (Å²) in [5, 5.41) is 18.1. The van der Waals surface area contributed by atoms with E-state index >= 15 is 0 Å². The van der Waals surface area contributed by atoms with E-state index in [1.54, 1.807) is 0 Å². The first kappa shape index (κ1) is 16.2. The Balaban J connectivity index is 2.39. The molecule has 0 aliphatic carbocycles. The van der Waals surface area contributed by atoms with Gasteiger partial charge >= 0.3 is 11.9 Å². The van der Waals surface area contributed by atoms with Crippen LogP contribution < -0.4 is 14.2 Å². The molecule has 7 heteroatoms. The van der Waals surface area contributed by atoms with Gasteiger partial charge in [0.25, 0.3) is 0 Å². The Morgan fingerprint density at radius 2 is 1.43 bits per heavy atom. The van der Waals surface area contributed by atoms with Crippen molar-refractivity contribution < 1.29 is 34.0 Å². The molecule has 0 aliphatic rings. The van der Waals surface area contributed by atoms with E-state index in [9.17, 15) is 14.7 Å². The molecule has 0 radical (unpaired) electrons. The third kappa shape index (κ3) is 3.52. The number of carboxylic acids is 2. The van der Waals surface area contributed by atoms with Crippen LogP contribution >= 0.6 is 0 Å². The summed E-state index contributed by atoms with van der Waals surface area (Å²) in [5.41, 5.74) is 0.0377. The molecule has 0 aliphatic heterocycles. The summed E-state index contributed by atoms with van der Waals surface area (Å²) in [7, 11) is 2.77. The van der Waals surface area contributed by atoms with Crippen molar-refractivity contribution in [2.75, 3.05) is 14.2 Å². The summed E-state index contributed by atoms with van der Waals surface area (Å²) in [4.78, 5) is 22.1. The number of aromatic carboxylic acids is 2. The molecule has 0 bridgehead atoms. The van der Waals surface area contributed by atoms with Crippen molar-refractivity contribution in [3.63, 3.8) is 0 Å². The van der Waals surface area contributed by atoms with Crippen molar-refractivity contribution in [2.45, 2.75) is 0 Å². The van der Waals surface area contributed by atoms with Crippen LogP contribution in [0.4, 0.5) is 0 Å². The van der Waals surface area contributed by atoms with E-state index in [1.807, 2.05) is 0 Å². The van der Waals surface area contributed by atoms with E-state index < -0.39 is 11.9 Å². The Bertz CT molecular complexity index is 735. The molecule has 2 aromatic carbocycles. The zero-order valence-electron chi connectivity index (χ0n) is 12.4. The average molecular weight is 318 g/mol. The molecule has 7 nitrogen and oxygen atoms in total. The second kappa shape index (κ2) is 6.69. The van der Waals surface area contributed by atoms with Gasteiger partial charge in [0.05, 0.1) is 19.8 Å². The van der Waals surface area contributed by atoms with Crippen LogP contribution in [0.25, 0.3) is 0 Å². The second-order valence-corrected chi connectivity index (χ2v) is 4.44. The minimum absolute atomic E-state index is 0.0783. The predicted octanol–water partition coefficient (Wildman–Crippen LogP) is 2.89. The first-order valence-corrected chi connectivity index (χ1v) is 6.46. The van der Waals surface area contributed by atoms with Crippen LogP contribution in [-0.4, -0.2) is 36.4 Å². The highest BCUT2D eigenvalue weighted by Crippen LogP contribution is 2.37. The number of carboxylic acid groups (broad SMARTS) is 2. The maximum atomic E-state index is 11.3. The fourth-order valence-corrected chi connectivity index (χ4v) is 1.91. The van der Waals surface area contributed by atoms with Gasteiger partial charge in [0.2, 0.25) is 0 Å². The van der Waals surface area contributed by atoms with Gasteiger partial charge in [-0.3, -0.25) is 0 Å². The zero-order valence-corrected chi connectivity index (χ0v) is 12.4. The fraction of sp³-hybridized carbons (Fsp3) is 0.125. The molecule has 2 N–H and O–H groups in total. The lowest BCUT2D eigenvalue weighted by Crippen LogP contribution is -2.02. The van der Waals surface area contributed by atoms with E-state index in [1.165, 1.54) is 50.6 Å². The van der Waals surface area contributed by atoms with Crippen molar-refractivity contribution in [1.82, 2.24) is 0 Å². The lowest BCUT2D eigenvalue weighted by Gasteiger charge is -2.13. The average Bonchev–Trinajstić information content (AvgIpc) is 2.54. The number of hydrogen-bond acceptors (Lipinski definition) is 5. The van der Waals surface area contributed by atoms with Crippen LogP contribution in [0.1, 0.15) is 20.7 Å². The summed E-state index contributed by atoms with van der Waals surface area (Å²) in [6, 6.07) is 8.38. The lowest BCUT2D eigenvalue weighted by molar-refractivity contribution is 0.0683. The highest BCUT2D eigenvalue weighted by Gasteiger charge is 2.18. The molecule has 0 amide bonds. The highest BCUT2D eigenvalue weighted by atomic mass is 16.5. The summed E-state index contributed by atoms with van der Waals surface area (Å²) in [5.74, 6) is -1.28.